The van der Waals surface area contributed by atoms with Gasteiger partial charge in [0.15, 0.2) is 0 Å². The second-order valence-electron chi connectivity index (χ2n) is 5.73. The van der Waals surface area contributed by atoms with E-state index >= 15 is 0 Å². The molecule has 3 rings (SSSR count). The van der Waals surface area contributed by atoms with Gasteiger partial charge in [0.1, 0.15) is 18.1 Å². The van der Waals surface area contributed by atoms with Crippen molar-refractivity contribution < 1.29 is 14.3 Å². The normalized spacial score (nSPS) is 10.3. The van der Waals surface area contributed by atoms with Gasteiger partial charge in [0, 0.05) is 25.4 Å². The van der Waals surface area contributed by atoms with Crippen LogP contribution in [0.4, 0.5) is 5.69 Å². The Kier molecular flexibility index (Phi) is 6.58. The maximum Gasteiger partial charge on any atom is 0.255 e. The lowest BCUT2D eigenvalue weighted by molar-refractivity contribution is 0.102. The second kappa shape index (κ2) is 9.10. The molecule has 4 nitrogen and oxygen atoms in total. The molecule has 0 aliphatic heterocycles. The van der Waals surface area contributed by atoms with E-state index in [0.29, 0.717) is 22.1 Å². The number of amides is 1. The molecule has 27 heavy (non-hydrogen) atoms. The van der Waals surface area contributed by atoms with Crippen molar-refractivity contribution in [2.24, 2.45) is 0 Å². The Morgan fingerprint density at radius 2 is 1.85 bits per heavy atom. The summed E-state index contributed by atoms with van der Waals surface area (Å²) in [5, 5.41) is 3.49. The van der Waals surface area contributed by atoms with Crippen molar-refractivity contribution in [3.05, 3.63) is 86.4 Å². The van der Waals surface area contributed by atoms with E-state index in [0.717, 1.165) is 14.8 Å². The number of hydrogen-bond donors (Lipinski definition) is 1. The minimum Gasteiger partial charge on any atom is -0.496 e. The van der Waals surface area contributed by atoms with Crippen molar-refractivity contribution in [3.63, 3.8) is 0 Å². The average Bonchev–Trinajstić information content (AvgIpc) is 2.68. The second-order valence-corrected chi connectivity index (χ2v) is 7.42. The summed E-state index contributed by atoms with van der Waals surface area (Å²) in [5.41, 5.74) is 2.04. The molecule has 138 valence electrons. The van der Waals surface area contributed by atoms with Crippen LogP contribution in [0.15, 0.2) is 66.7 Å². The number of carbonyl (C=O) groups excluding carboxylic acids is 1. The fourth-order valence-corrected chi connectivity index (χ4v) is 3.03. The Balaban J connectivity index is 1.75. The molecule has 0 radical (unpaired) electrons. The summed E-state index contributed by atoms with van der Waals surface area (Å²) in [7, 11) is 1.59. The highest BCUT2D eigenvalue weighted by molar-refractivity contribution is 14.1. The molecular weight excluding hydrogens is 477 g/mol. The van der Waals surface area contributed by atoms with Crippen molar-refractivity contribution in [1.29, 1.82) is 0 Å². The van der Waals surface area contributed by atoms with Crippen LogP contribution in [0.2, 0.25) is 5.02 Å². The minimum atomic E-state index is -0.192. The van der Waals surface area contributed by atoms with Gasteiger partial charge in [0.05, 0.1) is 7.11 Å². The summed E-state index contributed by atoms with van der Waals surface area (Å²) < 4.78 is 12.3. The van der Waals surface area contributed by atoms with E-state index in [1.165, 1.54) is 0 Å². The van der Waals surface area contributed by atoms with E-state index in [1.54, 1.807) is 37.4 Å². The zero-order valence-corrected chi connectivity index (χ0v) is 17.5. The van der Waals surface area contributed by atoms with Gasteiger partial charge in [-0.25, -0.2) is 0 Å². The lowest BCUT2D eigenvalue weighted by atomic mass is 10.1. The van der Waals surface area contributed by atoms with E-state index in [-0.39, 0.29) is 12.5 Å². The fraction of sp³-hybridized carbons (Fsp3) is 0.0952. The Hall–Kier alpha value is -2.25. The van der Waals surface area contributed by atoms with E-state index in [1.807, 2.05) is 36.4 Å². The number of rotatable bonds is 6. The average molecular weight is 494 g/mol. The van der Waals surface area contributed by atoms with Crippen LogP contribution in [0, 0.1) is 3.57 Å². The first kappa shape index (κ1) is 19.5. The lowest BCUT2D eigenvalue weighted by Crippen LogP contribution is -2.12. The summed E-state index contributed by atoms with van der Waals surface area (Å²) in [5.74, 6) is 1.11. The van der Waals surface area contributed by atoms with Crippen LogP contribution in [0.5, 0.6) is 11.5 Å². The number of ether oxygens (including phenoxy) is 2. The van der Waals surface area contributed by atoms with Crippen LogP contribution in [0.3, 0.4) is 0 Å². The van der Waals surface area contributed by atoms with Gasteiger partial charge >= 0.3 is 0 Å². The van der Waals surface area contributed by atoms with E-state index in [9.17, 15) is 4.79 Å². The van der Waals surface area contributed by atoms with Crippen LogP contribution < -0.4 is 14.8 Å². The van der Waals surface area contributed by atoms with Crippen LogP contribution in [-0.2, 0) is 6.61 Å². The fourth-order valence-electron chi connectivity index (χ4n) is 2.49. The first-order chi connectivity index (χ1) is 13.0. The molecule has 1 amide bonds. The van der Waals surface area contributed by atoms with Crippen LogP contribution in [0.25, 0.3) is 0 Å². The Bertz CT molecular complexity index is 944. The Morgan fingerprint density at radius 3 is 2.56 bits per heavy atom. The third-order valence-electron chi connectivity index (χ3n) is 3.84. The van der Waals surface area contributed by atoms with Crippen LogP contribution in [0.1, 0.15) is 15.9 Å². The predicted octanol–water partition coefficient (Wildman–Crippen LogP) is 5.78. The monoisotopic (exact) mass is 493 g/mol. The molecular formula is C21H17ClINO3. The highest BCUT2D eigenvalue weighted by Gasteiger charge is 2.11. The maximum absolute atomic E-state index is 12.6. The van der Waals surface area contributed by atoms with Gasteiger partial charge < -0.3 is 14.8 Å². The molecule has 0 spiro atoms. The highest BCUT2D eigenvalue weighted by Crippen LogP contribution is 2.24. The molecule has 0 heterocycles. The van der Waals surface area contributed by atoms with Crippen molar-refractivity contribution >= 4 is 45.8 Å². The summed E-state index contributed by atoms with van der Waals surface area (Å²) in [6.45, 7) is 0.258. The topological polar surface area (TPSA) is 47.6 Å². The molecule has 0 aliphatic carbocycles. The third-order valence-corrected chi connectivity index (χ3v) is 4.79. The number of halogens is 2. The van der Waals surface area contributed by atoms with Gasteiger partial charge in [-0.2, -0.15) is 0 Å². The Labute approximate surface area is 176 Å². The molecule has 1 N–H and O–H groups in total. The number of anilines is 1. The zero-order chi connectivity index (χ0) is 19.2. The zero-order valence-electron chi connectivity index (χ0n) is 14.5. The first-order valence-electron chi connectivity index (χ1n) is 8.17. The van der Waals surface area contributed by atoms with Crippen LogP contribution in [-0.4, -0.2) is 13.0 Å². The molecule has 0 aliphatic rings. The van der Waals surface area contributed by atoms with Crippen molar-refractivity contribution in [2.75, 3.05) is 12.4 Å². The molecule has 3 aromatic rings. The van der Waals surface area contributed by atoms with Gasteiger partial charge in [-0.05, 0) is 83.3 Å². The number of carbonyl (C=O) groups is 1. The van der Waals surface area contributed by atoms with E-state index in [2.05, 4.69) is 27.9 Å². The minimum absolute atomic E-state index is 0.192. The number of hydrogen-bond acceptors (Lipinski definition) is 3. The number of benzene rings is 3. The van der Waals surface area contributed by atoms with Crippen molar-refractivity contribution in [3.8, 4) is 11.5 Å². The number of nitrogens with one attached hydrogen (secondary N) is 1. The molecule has 0 atom stereocenters. The largest absolute Gasteiger partial charge is 0.496 e. The Morgan fingerprint density at radius 1 is 1.07 bits per heavy atom. The van der Waals surface area contributed by atoms with Gasteiger partial charge in [0.2, 0.25) is 0 Å². The van der Waals surface area contributed by atoms with Gasteiger partial charge in [0.25, 0.3) is 5.91 Å². The summed E-state index contributed by atoms with van der Waals surface area (Å²) >= 11 is 8.20. The van der Waals surface area contributed by atoms with Crippen molar-refractivity contribution in [1.82, 2.24) is 0 Å². The first-order valence-corrected chi connectivity index (χ1v) is 9.63. The quantitative estimate of drug-likeness (QED) is 0.443. The molecule has 0 saturated carbocycles. The maximum atomic E-state index is 12.6. The highest BCUT2D eigenvalue weighted by atomic mass is 127. The third kappa shape index (κ3) is 5.37. The summed E-state index contributed by atoms with van der Waals surface area (Å²) in [4.78, 5) is 12.6. The molecule has 0 unspecified atom stereocenters. The summed E-state index contributed by atoms with van der Waals surface area (Å²) in [6, 6.07) is 20.0. The smallest absolute Gasteiger partial charge is 0.255 e. The molecule has 3 aromatic carbocycles. The standard InChI is InChI=1S/C21H17ClINO3/c1-26-20-10-5-14(21(25)24-18-8-6-17(23)7-9-18)11-15(20)13-27-19-4-2-3-16(22)12-19/h2-12H,13H2,1H3,(H,24,25). The number of methoxy groups -OCH3 is 1. The van der Waals surface area contributed by atoms with Gasteiger partial charge in [-0.15, -0.1) is 0 Å². The van der Waals surface area contributed by atoms with Crippen molar-refractivity contribution in [2.45, 2.75) is 6.61 Å². The SMILES string of the molecule is COc1ccc(C(=O)Nc2ccc(I)cc2)cc1COc1cccc(Cl)c1. The molecule has 0 aromatic heterocycles. The molecule has 0 bridgehead atoms. The van der Waals surface area contributed by atoms with Gasteiger partial charge in [-0.1, -0.05) is 17.7 Å². The molecule has 0 saturated heterocycles. The molecule has 0 fully saturated rings. The van der Waals surface area contributed by atoms with Gasteiger partial charge in [-0.3, -0.25) is 4.79 Å². The van der Waals surface area contributed by atoms with Crippen LogP contribution >= 0.6 is 34.2 Å². The molecule has 6 heteroatoms. The predicted molar refractivity (Wildman–Crippen MR) is 116 cm³/mol. The summed E-state index contributed by atoms with van der Waals surface area (Å²) in [6.07, 6.45) is 0. The van der Waals surface area contributed by atoms with E-state index in [4.69, 9.17) is 21.1 Å². The van der Waals surface area contributed by atoms with E-state index < -0.39 is 0 Å². The lowest BCUT2D eigenvalue weighted by Gasteiger charge is -2.12.